The summed E-state index contributed by atoms with van der Waals surface area (Å²) in [6.07, 6.45) is 4.16. The molecule has 3 amide bonds. The van der Waals surface area contributed by atoms with Gasteiger partial charge in [-0.3, -0.25) is 19.3 Å². The number of amides is 3. The van der Waals surface area contributed by atoms with Crippen molar-refractivity contribution < 1.29 is 14.4 Å². The second kappa shape index (κ2) is 9.28. The Morgan fingerprint density at radius 2 is 1.90 bits per heavy atom. The number of anilines is 2. The van der Waals surface area contributed by atoms with Crippen LogP contribution < -0.4 is 10.2 Å². The fourth-order valence-electron chi connectivity index (χ4n) is 3.67. The summed E-state index contributed by atoms with van der Waals surface area (Å²) in [7, 11) is 0. The van der Waals surface area contributed by atoms with Gasteiger partial charge in [-0.25, -0.2) is 0 Å². The summed E-state index contributed by atoms with van der Waals surface area (Å²) >= 11 is 4.23. The van der Waals surface area contributed by atoms with E-state index < -0.39 is 17.1 Å². The number of carbonyl (C=O) groups is 3. The number of hydrogen-bond donors (Lipinski definition) is 1. The van der Waals surface area contributed by atoms with Crippen LogP contribution in [0.1, 0.15) is 24.0 Å². The number of nitrogens with zero attached hydrogens (tertiary/aromatic N) is 2. The molecule has 4 rings (SSSR count). The molecule has 2 aliphatic heterocycles. The molecule has 2 aliphatic rings. The van der Waals surface area contributed by atoms with E-state index in [2.05, 4.69) is 38.3 Å². The normalized spacial score (nSPS) is 17.7. The molecule has 0 saturated carbocycles. The zero-order chi connectivity index (χ0) is 22.0. The van der Waals surface area contributed by atoms with Gasteiger partial charge in [0.2, 0.25) is 5.91 Å². The molecule has 0 unspecified atom stereocenters. The van der Waals surface area contributed by atoms with Crippen molar-refractivity contribution in [3.05, 3.63) is 63.0 Å². The largest absolute Gasteiger partial charge is 0.372 e. The van der Waals surface area contributed by atoms with Gasteiger partial charge in [0.15, 0.2) is 0 Å². The summed E-state index contributed by atoms with van der Waals surface area (Å²) in [5.41, 5.74) is 3.71. The monoisotopic (exact) mass is 499 g/mol. The van der Waals surface area contributed by atoms with Crippen LogP contribution in [0.5, 0.6) is 0 Å². The molecule has 0 aromatic heterocycles. The summed E-state index contributed by atoms with van der Waals surface area (Å²) in [6, 6.07) is 13.3. The van der Waals surface area contributed by atoms with Gasteiger partial charge in [0.1, 0.15) is 6.54 Å². The molecular weight excluding hydrogens is 478 g/mol. The zero-order valence-corrected chi connectivity index (χ0v) is 19.5. The van der Waals surface area contributed by atoms with E-state index in [0.29, 0.717) is 10.6 Å². The van der Waals surface area contributed by atoms with Crippen molar-refractivity contribution in [3.63, 3.8) is 0 Å². The van der Waals surface area contributed by atoms with E-state index in [9.17, 15) is 14.4 Å². The van der Waals surface area contributed by atoms with Gasteiger partial charge >= 0.3 is 0 Å². The number of thioether (sulfide) groups is 1. The minimum absolute atomic E-state index is 0.323. The van der Waals surface area contributed by atoms with Gasteiger partial charge < -0.3 is 10.2 Å². The highest BCUT2D eigenvalue weighted by atomic mass is 79.9. The van der Waals surface area contributed by atoms with Crippen LogP contribution in [-0.2, 0) is 9.59 Å². The molecule has 2 fully saturated rings. The molecule has 2 saturated heterocycles. The van der Waals surface area contributed by atoms with Crippen molar-refractivity contribution in [2.24, 2.45) is 0 Å². The van der Waals surface area contributed by atoms with E-state index in [1.165, 1.54) is 18.5 Å². The molecule has 0 atom stereocenters. The zero-order valence-electron chi connectivity index (χ0n) is 17.1. The van der Waals surface area contributed by atoms with Crippen LogP contribution in [-0.4, -0.2) is 41.6 Å². The fourth-order valence-corrected chi connectivity index (χ4v) is 4.88. The lowest BCUT2D eigenvalue weighted by Crippen LogP contribution is -2.36. The Morgan fingerprint density at radius 3 is 2.61 bits per heavy atom. The molecule has 6 nitrogen and oxygen atoms in total. The van der Waals surface area contributed by atoms with Crippen LogP contribution >= 0.6 is 27.7 Å². The van der Waals surface area contributed by atoms with Gasteiger partial charge in [0, 0.05) is 23.2 Å². The highest BCUT2D eigenvalue weighted by molar-refractivity contribution is 9.10. The van der Waals surface area contributed by atoms with Gasteiger partial charge in [0.25, 0.3) is 11.1 Å². The van der Waals surface area contributed by atoms with Crippen molar-refractivity contribution in [2.45, 2.75) is 19.8 Å². The van der Waals surface area contributed by atoms with Gasteiger partial charge in [0.05, 0.1) is 10.6 Å². The molecule has 0 aliphatic carbocycles. The van der Waals surface area contributed by atoms with E-state index in [0.717, 1.165) is 45.4 Å². The highest BCUT2D eigenvalue weighted by Crippen LogP contribution is 2.33. The van der Waals surface area contributed by atoms with Crippen molar-refractivity contribution >= 4 is 62.2 Å². The Balaban J connectivity index is 1.45. The van der Waals surface area contributed by atoms with Gasteiger partial charge in [-0.2, -0.15) is 0 Å². The first-order valence-corrected chi connectivity index (χ1v) is 11.7. The SMILES string of the molecule is Cc1cc(N2CCCC2)ccc1/C=C1/SC(=O)N(CC(=O)Nc2ccccc2Br)C1=O. The molecule has 2 aromatic rings. The molecule has 2 aromatic carbocycles. The first-order chi connectivity index (χ1) is 14.9. The van der Waals surface area contributed by atoms with Crippen LogP contribution in [0.3, 0.4) is 0 Å². The average Bonchev–Trinajstić information content (AvgIpc) is 3.36. The van der Waals surface area contributed by atoms with E-state index in [4.69, 9.17) is 0 Å². The summed E-state index contributed by atoms with van der Waals surface area (Å²) in [4.78, 5) is 41.2. The Hall–Kier alpha value is -2.58. The first-order valence-electron chi connectivity index (χ1n) is 10.1. The van der Waals surface area contributed by atoms with Crippen molar-refractivity contribution in [1.29, 1.82) is 0 Å². The number of imide groups is 1. The number of nitrogens with one attached hydrogen (secondary N) is 1. The highest BCUT2D eigenvalue weighted by Gasteiger charge is 2.36. The molecule has 8 heteroatoms. The molecule has 0 bridgehead atoms. The number of rotatable bonds is 5. The van der Waals surface area contributed by atoms with Gasteiger partial charge in [-0.1, -0.05) is 18.2 Å². The second-order valence-electron chi connectivity index (χ2n) is 7.53. The second-order valence-corrected chi connectivity index (χ2v) is 9.38. The third kappa shape index (κ3) is 4.85. The number of hydrogen-bond acceptors (Lipinski definition) is 5. The molecular formula is C23H22BrN3O3S. The minimum atomic E-state index is -0.444. The van der Waals surface area contributed by atoms with E-state index in [-0.39, 0.29) is 6.54 Å². The molecule has 1 N–H and O–H groups in total. The van der Waals surface area contributed by atoms with Crippen molar-refractivity contribution in [2.75, 3.05) is 29.9 Å². The predicted octanol–water partition coefficient (Wildman–Crippen LogP) is 5.03. The maximum atomic E-state index is 12.8. The van der Waals surface area contributed by atoms with E-state index >= 15 is 0 Å². The maximum Gasteiger partial charge on any atom is 0.294 e. The van der Waals surface area contributed by atoms with E-state index in [1.807, 2.05) is 19.1 Å². The summed E-state index contributed by atoms with van der Waals surface area (Å²) < 4.78 is 0.727. The number of benzene rings is 2. The van der Waals surface area contributed by atoms with Crippen LogP contribution in [0.2, 0.25) is 0 Å². The molecule has 160 valence electrons. The Bertz CT molecular complexity index is 1080. The smallest absolute Gasteiger partial charge is 0.294 e. The van der Waals surface area contributed by atoms with Crippen LogP contribution in [0.15, 0.2) is 51.8 Å². The number of aryl methyl sites for hydroxylation is 1. The lowest BCUT2D eigenvalue weighted by molar-refractivity contribution is -0.127. The predicted molar refractivity (Wildman–Crippen MR) is 128 cm³/mol. The van der Waals surface area contributed by atoms with Crippen molar-refractivity contribution in [1.82, 2.24) is 4.90 Å². The standard InChI is InChI=1S/C23H22BrN3O3S/c1-15-12-17(26-10-4-5-11-26)9-8-16(15)13-20-22(29)27(23(30)31-20)14-21(28)25-19-7-3-2-6-18(19)24/h2-3,6-9,12-13H,4-5,10-11,14H2,1H3,(H,25,28)/b20-13+. The lowest BCUT2D eigenvalue weighted by atomic mass is 10.1. The van der Waals surface area contributed by atoms with E-state index in [1.54, 1.807) is 24.3 Å². The number of para-hydroxylation sites is 1. The quantitative estimate of drug-likeness (QED) is 0.584. The number of halogens is 1. The van der Waals surface area contributed by atoms with Crippen LogP contribution in [0.4, 0.5) is 16.2 Å². The Labute approximate surface area is 193 Å². The molecule has 31 heavy (non-hydrogen) atoms. The van der Waals surface area contributed by atoms with Crippen molar-refractivity contribution in [3.8, 4) is 0 Å². The van der Waals surface area contributed by atoms with Gasteiger partial charge in [-0.15, -0.1) is 0 Å². The fraction of sp³-hybridized carbons (Fsp3) is 0.261. The third-order valence-corrected chi connectivity index (χ3v) is 6.93. The molecule has 0 spiro atoms. The van der Waals surface area contributed by atoms with Crippen LogP contribution in [0.25, 0.3) is 6.08 Å². The first kappa shape index (κ1) is 21.6. The third-order valence-electron chi connectivity index (χ3n) is 5.33. The summed E-state index contributed by atoms with van der Waals surface area (Å²) in [5.74, 6) is -0.873. The van der Waals surface area contributed by atoms with Crippen LogP contribution in [0, 0.1) is 6.92 Å². The summed E-state index contributed by atoms with van der Waals surface area (Å²) in [5, 5.41) is 2.28. The maximum absolute atomic E-state index is 12.8. The molecule has 0 radical (unpaired) electrons. The molecule has 2 heterocycles. The Kier molecular flexibility index (Phi) is 6.48. The summed E-state index contributed by atoms with van der Waals surface area (Å²) in [6.45, 7) is 3.82. The topological polar surface area (TPSA) is 69.7 Å². The Morgan fingerprint density at radius 1 is 1.16 bits per heavy atom. The van der Waals surface area contributed by atoms with Gasteiger partial charge in [-0.05, 0) is 88.9 Å². The lowest BCUT2D eigenvalue weighted by Gasteiger charge is -2.18. The number of carbonyl (C=O) groups excluding carboxylic acids is 3. The minimum Gasteiger partial charge on any atom is -0.372 e. The average molecular weight is 500 g/mol.